The standard InChI is InChI=1S/C22H25ClFN3O2/c1-14(28)26-18-9-10-19(23)16(12-18)13-27(21-8-3-2-7-20(21)25)22(29)15-5-4-6-17(24)11-15/h4-6,9-12,20-21H,2-3,7-8,13,25H2,1H3,(H,26,28). The van der Waals surface area contributed by atoms with Crippen LogP contribution < -0.4 is 11.1 Å². The van der Waals surface area contributed by atoms with Crippen molar-refractivity contribution in [1.29, 1.82) is 0 Å². The first-order chi connectivity index (χ1) is 13.8. The summed E-state index contributed by atoms with van der Waals surface area (Å²) in [4.78, 5) is 26.4. The number of halogens is 2. The van der Waals surface area contributed by atoms with E-state index in [1.54, 1.807) is 29.2 Å². The highest BCUT2D eigenvalue weighted by Crippen LogP contribution is 2.28. The van der Waals surface area contributed by atoms with Crippen LogP contribution in [-0.4, -0.2) is 28.8 Å². The number of rotatable bonds is 5. The van der Waals surface area contributed by atoms with Crippen LogP contribution >= 0.6 is 11.6 Å². The van der Waals surface area contributed by atoms with Crippen molar-refractivity contribution in [3.05, 3.63) is 64.4 Å². The van der Waals surface area contributed by atoms with Crippen LogP contribution in [0.1, 0.15) is 48.5 Å². The average molecular weight is 418 g/mol. The average Bonchev–Trinajstić information content (AvgIpc) is 2.68. The molecule has 1 saturated carbocycles. The van der Waals surface area contributed by atoms with Crippen molar-refractivity contribution in [2.75, 3.05) is 5.32 Å². The van der Waals surface area contributed by atoms with E-state index >= 15 is 0 Å². The lowest BCUT2D eigenvalue weighted by atomic mass is 9.89. The molecule has 29 heavy (non-hydrogen) atoms. The molecule has 3 N–H and O–H groups in total. The quantitative estimate of drug-likeness (QED) is 0.759. The lowest BCUT2D eigenvalue weighted by Crippen LogP contribution is -2.51. The summed E-state index contributed by atoms with van der Waals surface area (Å²) in [6.07, 6.45) is 3.62. The summed E-state index contributed by atoms with van der Waals surface area (Å²) in [6.45, 7) is 1.65. The monoisotopic (exact) mass is 417 g/mol. The van der Waals surface area contributed by atoms with E-state index in [4.69, 9.17) is 17.3 Å². The number of nitrogens with two attached hydrogens (primary N) is 1. The number of carbonyl (C=O) groups is 2. The molecule has 0 spiro atoms. The number of hydrogen-bond acceptors (Lipinski definition) is 3. The number of amides is 2. The minimum atomic E-state index is -0.463. The molecule has 2 aromatic rings. The second kappa shape index (κ2) is 9.37. The molecular weight excluding hydrogens is 393 g/mol. The fourth-order valence-electron chi connectivity index (χ4n) is 3.81. The first-order valence-corrected chi connectivity index (χ1v) is 10.1. The van der Waals surface area contributed by atoms with Crippen LogP contribution in [0.3, 0.4) is 0 Å². The van der Waals surface area contributed by atoms with Crippen LogP contribution in [0.2, 0.25) is 5.02 Å². The molecule has 5 nitrogen and oxygen atoms in total. The van der Waals surface area contributed by atoms with Crippen LogP contribution in [0.5, 0.6) is 0 Å². The highest BCUT2D eigenvalue weighted by Gasteiger charge is 2.32. The minimum absolute atomic E-state index is 0.154. The van der Waals surface area contributed by atoms with E-state index in [0.29, 0.717) is 16.3 Å². The number of nitrogens with one attached hydrogen (secondary N) is 1. The van der Waals surface area contributed by atoms with E-state index in [1.807, 2.05) is 0 Å². The van der Waals surface area contributed by atoms with Gasteiger partial charge in [-0.1, -0.05) is 30.5 Å². The predicted molar refractivity (Wildman–Crippen MR) is 112 cm³/mol. The number of anilines is 1. The van der Waals surface area contributed by atoms with Crippen molar-refractivity contribution in [2.24, 2.45) is 5.73 Å². The van der Waals surface area contributed by atoms with Gasteiger partial charge in [-0.25, -0.2) is 4.39 Å². The molecule has 2 unspecified atom stereocenters. The Balaban J connectivity index is 1.95. The molecule has 0 aliphatic heterocycles. The van der Waals surface area contributed by atoms with Gasteiger partial charge in [0.25, 0.3) is 5.91 Å². The molecule has 1 aliphatic carbocycles. The zero-order valence-electron chi connectivity index (χ0n) is 16.3. The van der Waals surface area contributed by atoms with Gasteiger partial charge in [0.1, 0.15) is 5.82 Å². The number of carbonyl (C=O) groups excluding carboxylic acids is 2. The third-order valence-corrected chi connectivity index (χ3v) is 5.59. The maximum Gasteiger partial charge on any atom is 0.254 e. The number of hydrogen-bond donors (Lipinski definition) is 2. The van der Waals surface area contributed by atoms with Crippen LogP contribution in [0.15, 0.2) is 42.5 Å². The number of nitrogens with zero attached hydrogens (tertiary/aromatic N) is 1. The first-order valence-electron chi connectivity index (χ1n) is 9.73. The molecule has 3 rings (SSSR count). The summed E-state index contributed by atoms with van der Waals surface area (Å²) in [7, 11) is 0. The summed E-state index contributed by atoms with van der Waals surface area (Å²) in [6, 6.07) is 10.5. The molecule has 1 aliphatic rings. The van der Waals surface area contributed by atoms with Gasteiger partial charge in [0, 0.05) is 41.8 Å². The van der Waals surface area contributed by atoms with Gasteiger partial charge in [-0.15, -0.1) is 0 Å². The topological polar surface area (TPSA) is 75.4 Å². The van der Waals surface area contributed by atoms with Crippen molar-refractivity contribution in [2.45, 2.75) is 51.2 Å². The largest absolute Gasteiger partial charge is 0.330 e. The molecule has 154 valence electrons. The first kappa shape index (κ1) is 21.3. The molecular formula is C22H25ClFN3O2. The maximum atomic E-state index is 13.7. The Morgan fingerprint density at radius 2 is 1.97 bits per heavy atom. The Labute approximate surface area is 175 Å². The van der Waals surface area contributed by atoms with Crippen LogP contribution in [0, 0.1) is 5.82 Å². The molecule has 2 aromatic carbocycles. The molecule has 0 aromatic heterocycles. The van der Waals surface area contributed by atoms with Crippen molar-refractivity contribution in [1.82, 2.24) is 4.90 Å². The van der Waals surface area contributed by atoms with Crippen molar-refractivity contribution in [3.63, 3.8) is 0 Å². The van der Waals surface area contributed by atoms with Gasteiger partial charge in [-0.05, 0) is 54.8 Å². The summed E-state index contributed by atoms with van der Waals surface area (Å²) in [5.74, 6) is -0.942. The second-order valence-corrected chi connectivity index (χ2v) is 7.85. The van der Waals surface area contributed by atoms with Crippen LogP contribution in [-0.2, 0) is 11.3 Å². The lowest BCUT2D eigenvalue weighted by Gasteiger charge is -2.38. The molecule has 1 fully saturated rings. The predicted octanol–water partition coefficient (Wildman–Crippen LogP) is 4.35. The van der Waals surface area contributed by atoms with Gasteiger partial charge in [0.15, 0.2) is 0 Å². The molecule has 2 atom stereocenters. The van der Waals surface area contributed by atoms with Crippen LogP contribution in [0.25, 0.3) is 0 Å². The third kappa shape index (κ3) is 5.34. The van der Waals surface area contributed by atoms with E-state index in [9.17, 15) is 14.0 Å². The zero-order chi connectivity index (χ0) is 21.0. The Kier molecular flexibility index (Phi) is 6.87. The summed E-state index contributed by atoms with van der Waals surface area (Å²) >= 11 is 6.39. The zero-order valence-corrected chi connectivity index (χ0v) is 17.1. The lowest BCUT2D eigenvalue weighted by molar-refractivity contribution is -0.114. The van der Waals surface area contributed by atoms with Gasteiger partial charge >= 0.3 is 0 Å². The van der Waals surface area contributed by atoms with Gasteiger partial charge in [0.05, 0.1) is 0 Å². The van der Waals surface area contributed by atoms with E-state index in [2.05, 4.69) is 5.32 Å². The van der Waals surface area contributed by atoms with Gasteiger partial charge in [-0.3, -0.25) is 9.59 Å². The maximum absolute atomic E-state index is 13.7. The van der Waals surface area contributed by atoms with Crippen molar-refractivity contribution in [3.8, 4) is 0 Å². The molecule has 0 heterocycles. The minimum Gasteiger partial charge on any atom is -0.330 e. The van der Waals surface area contributed by atoms with Gasteiger partial charge in [-0.2, -0.15) is 0 Å². The summed E-state index contributed by atoms with van der Waals surface area (Å²) in [5.41, 5.74) is 7.92. The van der Waals surface area contributed by atoms with Gasteiger partial charge in [0.2, 0.25) is 5.91 Å². The Bertz CT molecular complexity index is 905. The molecule has 0 bridgehead atoms. The summed E-state index contributed by atoms with van der Waals surface area (Å²) in [5, 5.41) is 3.21. The second-order valence-electron chi connectivity index (χ2n) is 7.45. The molecule has 0 radical (unpaired) electrons. The Morgan fingerprint density at radius 3 is 2.66 bits per heavy atom. The smallest absolute Gasteiger partial charge is 0.254 e. The fraction of sp³-hybridized carbons (Fsp3) is 0.364. The van der Waals surface area contributed by atoms with Crippen molar-refractivity contribution >= 4 is 29.1 Å². The number of benzene rings is 2. The third-order valence-electron chi connectivity index (χ3n) is 5.22. The van der Waals surface area contributed by atoms with Gasteiger partial charge < -0.3 is 16.0 Å². The SMILES string of the molecule is CC(=O)Nc1ccc(Cl)c(CN(C(=O)c2cccc(F)c2)C2CCCCC2N)c1. The Morgan fingerprint density at radius 1 is 1.21 bits per heavy atom. The Hall–Kier alpha value is -2.44. The van der Waals surface area contributed by atoms with Crippen LogP contribution in [0.4, 0.5) is 10.1 Å². The van der Waals surface area contributed by atoms with E-state index < -0.39 is 5.82 Å². The fourth-order valence-corrected chi connectivity index (χ4v) is 3.99. The van der Waals surface area contributed by atoms with E-state index in [1.165, 1.54) is 25.1 Å². The molecule has 2 amide bonds. The van der Waals surface area contributed by atoms with E-state index in [-0.39, 0.29) is 36.0 Å². The highest BCUT2D eigenvalue weighted by molar-refractivity contribution is 6.31. The normalized spacial score (nSPS) is 18.9. The van der Waals surface area contributed by atoms with E-state index in [0.717, 1.165) is 25.7 Å². The highest BCUT2D eigenvalue weighted by atomic mass is 35.5. The molecule has 7 heteroatoms. The summed E-state index contributed by atoms with van der Waals surface area (Å²) < 4.78 is 13.7. The van der Waals surface area contributed by atoms with Crippen molar-refractivity contribution < 1.29 is 14.0 Å². The molecule has 0 saturated heterocycles.